The Morgan fingerprint density at radius 3 is 2.89 bits per heavy atom. The van der Waals surface area contributed by atoms with E-state index in [0.717, 1.165) is 12.1 Å². The van der Waals surface area contributed by atoms with Gasteiger partial charge in [0.05, 0.1) is 37.4 Å². The first kappa shape index (κ1) is 24.6. The summed E-state index contributed by atoms with van der Waals surface area (Å²) >= 11 is 6.76. The van der Waals surface area contributed by atoms with E-state index in [0.29, 0.717) is 51.7 Å². The third-order valence-electron chi connectivity index (χ3n) is 6.67. The number of rotatable bonds is 6. The topological polar surface area (TPSA) is 129 Å². The van der Waals surface area contributed by atoms with Gasteiger partial charge in [0.25, 0.3) is 0 Å². The summed E-state index contributed by atoms with van der Waals surface area (Å²) in [6.07, 6.45) is 7.03. The molecule has 2 atom stereocenters. The number of hydrogen-bond acceptors (Lipinski definition) is 9. The molecule has 198 valence electrons. The molecule has 1 aliphatic rings. The summed E-state index contributed by atoms with van der Waals surface area (Å²) in [5, 5.41) is 22.5. The Bertz CT molecular complexity index is 1630. The first-order valence-electron chi connectivity index (χ1n) is 12.3. The molecule has 6 rings (SSSR count). The summed E-state index contributed by atoms with van der Waals surface area (Å²) in [6.45, 7) is 6.94. The molecule has 38 heavy (non-hydrogen) atoms. The lowest BCUT2D eigenvalue weighted by Gasteiger charge is -2.25. The number of pyridine rings is 1. The molecule has 0 aromatic carbocycles. The molecule has 5 aromatic heterocycles. The average molecular weight is 538 g/mol. The number of fused-ring (bicyclic) bond motifs is 2. The van der Waals surface area contributed by atoms with Gasteiger partial charge in [-0.15, -0.1) is 0 Å². The Balaban J connectivity index is 1.32. The summed E-state index contributed by atoms with van der Waals surface area (Å²) in [5.74, 6) is 2.00. The first-order chi connectivity index (χ1) is 18.2. The van der Waals surface area contributed by atoms with E-state index >= 15 is 0 Å². The Kier molecular flexibility index (Phi) is 5.97. The summed E-state index contributed by atoms with van der Waals surface area (Å²) in [5.41, 5.74) is 2.64. The quantitative estimate of drug-likeness (QED) is 0.330. The molecule has 12 nitrogen and oxygen atoms in total. The second-order valence-corrected chi connectivity index (χ2v) is 10.7. The third kappa shape index (κ3) is 4.24. The highest BCUT2D eigenvalue weighted by atomic mass is 35.5. The minimum absolute atomic E-state index is 0.0449. The number of imidazole rings is 1. The number of halogens is 1. The zero-order chi connectivity index (χ0) is 26.6. The van der Waals surface area contributed by atoms with Gasteiger partial charge in [0.2, 0.25) is 5.95 Å². The van der Waals surface area contributed by atoms with Crippen molar-refractivity contribution in [3.05, 3.63) is 47.6 Å². The molecule has 5 aromatic rings. The maximum atomic E-state index is 9.80. The number of nitrogens with zero attached hydrogens (tertiary/aromatic N) is 8. The number of hydrogen-bond donors (Lipinski definition) is 2. The number of nitrogens with one attached hydrogen (secondary N) is 1. The second kappa shape index (κ2) is 9.22. The minimum atomic E-state index is -0.287. The standard InChI is InChI=1S/C25H28ClN9O3/c1-25(2,3)18-9-19(32-35(18)15-6-8-37-17(15)13-36)30-24-31-23-22(33(24)4)21(26)16(11-28-23)38-14-10-27-20-5-7-29-34(20)12-14/h5,7,9-12,15,17,36H,6,8,13H2,1-4H3,(H,28,30,31,32)/t15-,17+/m0/s1. The number of aromatic nitrogens is 8. The van der Waals surface area contributed by atoms with E-state index in [9.17, 15) is 5.11 Å². The van der Waals surface area contributed by atoms with Gasteiger partial charge in [-0.1, -0.05) is 32.4 Å². The van der Waals surface area contributed by atoms with Gasteiger partial charge in [0.1, 0.15) is 16.6 Å². The SMILES string of the molecule is Cn1c(Nc2cc(C(C)(C)C)n([C@H]3CCO[C@@H]3CO)n2)nc2ncc(Oc3cnc4ccnn4c3)c(Cl)c21. The number of aliphatic hydroxyl groups excluding tert-OH is 1. The largest absolute Gasteiger partial charge is 0.451 e. The summed E-state index contributed by atoms with van der Waals surface area (Å²) in [7, 11) is 1.85. The predicted octanol–water partition coefficient (Wildman–Crippen LogP) is 4.02. The lowest BCUT2D eigenvalue weighted by Crippen LogP contribution is -2.29. The van der Waals surface area contributed by atoms with Crippen molar-refractivity contribution in [2.24, 2.45) is 7.05 Å². The molecule has 2 N–H and O–H groups in total. The fourth-order valence-corrected chi connectivity index (χ4v) is 5.04. The Hall–Kier alpha value is -3.74. The lowest BCUT2D eigenvalue weighted by atomic mass is 9.91. The van der Waals surface area contributed by atoms with Crippen molar-refractivity contribution >= 4 is 40.2 Å². The average Bonchev–Trinajstić information content (AvgIpc) is 3.66. The van der Waals surface area contributed by atoms with E-state index in [2.05, 4.69) is 46.1 Å². The summed E-state index contributed by atoms with van der Waals surface area (Å²) in [4.78, 5) is 13.4. The molecule has 1 fully saturated rings. The van der Waals surface area contributed by atoms with Gasteiger partial charge in [-0.3, -0.25) is 4.68 Å². The van der Waals surface area contributed by atoms with Crippen LogP contribution >= 0.6 is 11.6 Å². The zero-order valence-corrected chi connectivity index (χ0v) is 22.2. The van der Waals surface area contributed by atoms with Gasteiger partial charge >= 0.3 is 0 Å². The van der Waals surface area contributed by atoms with Crippen LogP contribution in [0.1, 0.15) is 38.9 Å². The Morgan fingerprint density at radius 2 is 2.11 bits per heavy atom. The van der Waals surface area contributed by atoms with E-state index in [4.69, 9.17) is 26.2 Å². The highest BCUT2D eigenvalue weighted by Crippen LogP contribution is 2.37. The Morgan fingerprint density at radius 1 is 1.26 bits per heavy atom. The second-order valence-electron chi connectivity index (χ2n) is 10.3. The molecule has 0 saturated carbocycles. The maximum absolute atomic E-state index is 9.80. The van der Waals surface area contributed by atoms with Crippen molar-refractivity contribution in [3.63, 3.8) is 0 Å². The van der Waals surface area contributed by atoms with Crippen LogP contribution < -0.4 is 10.1 Å². The smallest absolute Gasteiger partial charge is 0.210 e. The van der Waals surface area contributed by atoms with Crippen LogP contribution in [0.5, 0.6) is 11.5 Å². The molecule has 0 unspecified atom stereocenters. The van der Waals surface area contributed by atoms with E-state index in [1.165, 1.54) is 6.20 Å². The summed E-state index contributed by atoms with van der Waals surface area (Å²) in [6, 6.07) is 3.76. The van der Waals surface area contributed by atoms with Gasteiger partial charge in [-0.25, -0.2) is 14.5 Å². The molecular formula is C25H28ClN9O3. The molecule has 0 radical (unpaired) electrons. The van der Waals surface area contributed by atoms with Gasteiger partial charge < -0.3 is 24.5 Å². The van der Waals surface area contributed by atoms with Crippen molar-refractivity contribution < 1.29 is 14.6 Å². The van der Waals surface area contributed by atoms with E-state index in [-0.39, 0.29) is 24.2 Å². The van der Waals surface area contributed by atoms with Gasteiger partial charge in [0.15, 0.2) is 28.6 Å². The van der Waals surface area contributed by atoms with Crippen molar-refractivity contribution in [3.8, 4) is 11.5 Å². The van der Waals surface area contributed by atoms with Crippen LogP contribution in [0, 0.1) is 0 Å². The number of anilines is 2. The molecule has 6 heterocycles. The molecule has 0 bridgehead atoms. The van der Waals surface area contributed by atoms with Crippen molar-refractivity contribution in [1.29, 1.82) is 0 Å². The fraction of sp³-hybridized carbons (Fsp3) is 0.400. The molecule has 0 spiro atoms. The van der Waals surface area contributed by atoms with Crippen LogP contribution in [0.3, 0.4) is 0 Å². The molecule has 1 saturated heterocycles. The number of aliphatic hydroxyl groups is 1. The van der Waals surface area contributed by atoms with Crippen molar-refractivity contribution in [2.45, 2.75) is 44.8 Å². The zero-order valence-electron chi connectivity index (χ0n) is 21.5. The van der Waals surface area contributed by atoms with E-state index in [1.54, 1.807) is 29.2 Å². The summed E-state index contributed by atoms with van der Waals surface area (Å²) < 4.78 is 17.1. The van der Waals surface area contributed by atoms with Crippen LogP contribution in [0.25, 0.3) is 16.8 Å². The van der Waals surface area contributed by atoms with E-state index in [1.807, 2.05) is 22.4 Å². The van der Waals surface area contributed by atoms with E-state index < -0.39 is 0 Å². The Labute approximate surface area is 223 Å². The van der Waals surface area contributed by atoms with Gasteiger partial charge in [-0.05, 0) is 6.42 Å². The van der Waals surface area contributed by atoms with Crippen LogP contribution in [0.2, 0.25) is 5.02 Å². The third-order valence-corrected chi connectivity index (χ3v) is 7.03. The van der Waals surface area contributed by atoms with Gasteiger partial charge in [-0.2, -0.15) is 15.2 Å². The normalized spacial score (nSPS) is 18.1. The maximum Gasteiger partial charge on any atom is 0.210 e. The fourth-order valence-electron chi connectivity index (χ4n) is 4.74. The van der Waals surface area contributed by atoms with Gasteiger partial charge in [0, 0.05) is 36.9 Å². The first-order valence-corrected chi connectivity index (χ1v) is 12.7. The van der Waals surface area contributed by atoms with Crippen molar-refractivity contribution in [2.75, 3.05) is 18.5 Å². The molecule has 13 heteroatoms. The van der Waals surface area contributed by atoms with Crippen LogP contribution in [0.4, 0.5) is 11.8 Å². The number of aryl methyl sites for hydroxylation is 1. The molecular weight excluding hydrogens is 510 g/mol. The van der Waals surface area contributed by atoms with Crippen LogP contribution in [0.15, 0.2) is 36.9 Å². The van der Waals surface area contributed by atoms with Crippen LogP contribution in [-0.4, -0.2) is 63.3 Å². The minimum Gasteiger partial charge on any atom is -0.451 e. The highest BCUT2D eigenvalue weighted by molar-refractivity contribution is 6.36. The molecule has 0 aliphatic carbocycles. The molecule has 0 amide bonds. The predicted molar refractivity (Wildman–Crippen MR) is 141 cm³/mol. The van der Waals surface area contributed by atoms with Crippen LogP contribution in [-0.2, 0) is 17.2 Å². The highest BCUT2D eigenvalue weighted by Gasteiger charge is 2.34. The lowest BCUT2D eigenvalue weighted by molar-refractivity contribution is 0.0391. The number of ether oxygens (including phenoxy) is 2. The molecule has 1 aliphatic heterocycles. The monoisotopic (exact) mass is 537 g/mol. The van der Waals surface area contributed by atoms with Crippen molar-refractivity contribution in [1.82, 2.24) is 38.9 Å².